The molecule has 5 nitrogen and oxygen atoms in total. The van der Waals surface area contributed by atoms with Gasteiger partial charge in [-0.15, -0.1) is 0 Å². The van der Waals surface area contributed by atoms with Crippen LogP contribution in [0.15, 0.2) is 66.7 Å². The number of allylic oxidation sites excluding steroid dienone is 1. The van der Waals surface area contributed by atoms with Gasteiger partial charge in [-0.25, -0.2) is 0 Å². The van der Waals surface area contributed by atoms with Gasteiger partial charge in [-0.2, -0.15) is 0 Å². The van der Waals surface area contributed by atoms with Gasteiger partial charge in [0.1, 0.15) is 0 Å². The molecule has 0 fully saturated rings. The van der Waals surface area contributed by atoms with Gasteiger partial charge in [0.15, 0.2) is 23.0 Å². The van der Waals surface area contributed by atoms with Gasteiger partial charge in [0.05, 0.1) is 20.3 Å². The van der Waals surface area contributed by atoms with Crippen LogP contribution < -0.4 is 18.9 Å². The molecular weight excluding hydrogens is 404 g/mol. The molecule has 2 aliphatic rings. The third-order valence-corrected chi connectivity index (χ3v) is 6.36. The monoisotopic (exact) mass is 430 g/mol. The third-order valence-electron chi connectivity index (χ3n) is 6.36. The fraction of sp³-hybridized carbons (Fsp3) is 0.259. The number of rotatable bonds is 6. The van der Waals surface area contributed by atoms with Crippen molar-refractivity contribution in [1.29, 1.82) is 0 Å². The van der Waals surface area contributed by atoms with Crippen molar-refractivity contribution in [3.05, 3.63) is 89.0 Å². The highest BCUT2D eigenvalue weighted by molar-refractivity contribution is 5.59. The largest absolute Gasteiger partial charge is 0.493 e. The van der Waals surface area contributed by atoms with Gasteiger partial charge in [-0.3, -0.25) is 0 Å². The number of hydrogen-bond donors (Lipinski definition) is 1. The SMILES string of the molecule is COc1cc2c(cc1OC)[C@@H](/C=C/c1ccc3c(c1)OCO3)[C@H]([C@H](O)c1ccccc1)C2. The normalized spacial score (nSPS) is 19.7. The predicted octanol–water partition coefficient (Wildman–Crippen LogP) is 5.14. The highest BCUT2D eigenvalue weighted by atomic mass is 16.7. The summed E-state index contributed by atoms with van der Waals surface area (Å²) in [5.74, 6) is 2.94. The molecule has 0 radical (unpaired) electrons. The molecule has 0 saturated carbocycles. The van der Waals surface area contributed by atoms with Gasteiger partial charge >= 0.3 is 0 Å². The van der Waals surface area contributed by atoms with E-state index < -0.39 is 6.10 Å². The summed E-state index contributed by atoms with van der Waals surface area (Å²) in [6.45, 7) is 0.255. The van der Waals surface area contributed by atoms with Crippen molar-refractivity contribution in [3.63, 3.8) is 0 Å². The minimum absolute atomic E-state index is 0.00512. The van der Waals surface area contributed by atoms with Crippen LogP contribution in [0.1, 0.15) is 34.3 Å². The van der Waals surface area contributed by atoms with E-state index in [0.717, 1.165) is 34.6 Å². The number of hydrogen-bond acceptors (Lipinski definition) is 5. The lowest BCUT2D eigenvalue weighted by molar-refractivity contribution is 0.106. The van der Waals surface area contributed by atoms with Crippen LogP contribution in [-0.4, -0.2) is 26.1 Å². The Hall–Kier alpha value is -3.44. The summed E-state index contributed by atoms with van der Waals surface area (Å²) in [6, 6.07) is 19.8. The maximum Gasteiger partial charge on any atom is 0.231 e. The number of ether oxygens (including phenoxy) is 4. The van der Waals surface area contributed by atoms with E-state index in [1.165, 1.54) is 5.56 Å². The molecule has 3 aromatic rings. The molecule has 0 aromatic heterocycles. The van der Waals surface area contributed by atoms with E-state index in [0.29, 0.717) is 11.5 Å². The van der Waals surface area contributed by atoms with Crippen LogP contribution in [0.4, 0.5) is 0 Å². The number of aliphatic hydroxyl groups is 1. The summed E-state index contributed by atoms with van der Waals surface area (Å²) in [5, 5.41) is 11.3. The summed E-state index contributed by atoms with van der Waals surface area (Å²) < 4.78 is 22.0. The summed E-state index contributed by atoms with van der Waals surface area (Å²) >= 11 is 0. The van der Waals surface area contributed by atoms with E-state index in [9.17, 15) is 5.11 Å². The van der Waals surface area contributed by atoms with Crippen LogP contribution in [0.25, 0.3) is 6.08 Å². The molecule has 1 aliphatic carbocycles. The molecular formula is C27H26O5. The Morgan fingerprint density at radius 2 is 1.69 bits per heavy atom. The second-order valence-corrected chi connectivity index (χ2v) is 8.13. The molecule has 5 heteroatoms. The van der Waals surface area contributed by atoms with Crippen molar-refractivity contribution in [2.24, 2.45) is 5.92 Å². The average molecular weight is 431 g/mol. The van der Waals surface area contributed by atoms with E-state index in [1.807, 2.05) is 60.7 Å². The minimum atomic E-state index is -0.591. The summed E-state index contributed by atoms with van der Waals surface area (Å²) in [6.07, 6.45) is 4.42. The van der Waals surface area contributed by atoms with Crippen LogP contribution in [0, 0.1) is 5.92 Å². The van der Waals surface area contributed by atoms with Gasteiger partial charge in [0.25, 0.3) is 0 Å². The first-order valence-corrected chi connectivity index (χ1v) is 10.7. The van der Waals surface area contributed by atoms with Crippen molar-refractivity contribution in [3.8, 4) is 23.0 Å². The maximum absolute atomic E-state index is 11.3. The molecule has 0 bridgehead atoms. The van der Waals surface area contributed by atoms with Gasteiger partial charge in [0.2, 0.25) is 6.79 Å². The summed E-state index contributed by atoms with van der Waals surface area (Å²) in [5.41, 5.74) is 4.27. The molecule has 0 saturated heterocycles. The van der Waals surface area contributed by atoms with Gasteiger partial charge < -0.3 is 24.1 Å². The Bertz CT molecular complexity index is 1140. The van der Waals surface area contributed by atoms with Gasteiger partial charge in [0, 0.05) is 11.8 Å². The molecule has 164 valence electrons. The fourth-order valence-corrected chi connectivity index (χ4v) is 4.72. The molecule has 1 aliphatic heterocycles. The van der Waals surface area contributed by atoms with Crippen molar-refractivity contribution in [1.82, 2.24) is 0 Å². The van der Waals surface area contributed by atoms with Crippen LogP contribution in [0.2, 0.25) is 0 Å². The fourth-order valence-electron chi connectivity index (χ4n) is 4.72. The summed E-state index contributed by atoms with van der Waals surface area (Å²) in [4.78, 5) is 0. The first-order valence-electron chi connectivity index (χ1n) is 10.7. The molecule has 0 unspecified atom stereocenters. The van der Waals surface area contributed by atoms with Gasteiger partial charge in [-0.1, -0.05) is 48.6 Å². The van der Waals surface area contributed by atoms with Crippen molar-refractivity contribution in [2.45, 2.75) is 18.4 Å². The van der Waals surface area contributed by atoms with E-state index in [1.54, 1.807) is 14.2 Å². The van der Waals surface area contributed by atoms with E-state index >= 15 is 0 Å². The lowest BCUT2D eigenvalue weighted by Crippen LogP contribution is -2.16. The maximum atomic E-state index is 11.3. The van der Waals surface area contributed by atoms with Gasteiger partial charge in [-0.05, 0) is 52.9 Å². The Kier molecular flexibility index (Phi) is 5.50. The van der Waals surface area contributed by atoms with Crippen LogP contribution in [-0.2, 0) is 6.42 Å². The van der Waals surface area contributed by atoms with Crippen LogP contribution in [0.5, 0.6) is 23.0 Å². The van der Waals surface area contributed by atoms with Crippen LogP contribution in [0.3, 0.4) is 0 Å². The molecule has 3 aromatic carbocycles. The standard InChI is InChI=1S/C27H26O5/c1-29-24-14-19-13-22(27(28)18-6-4-3-5-7-18)20(21(19)15-25(24)30-2)10-8-17-9-11-23-26(12-17)32-16-31-23/h3-12,14-15,20,22,27-28H,13,16H2,1-2H3/b10-8+/t20-,22-,27-/m1/s1. The predicted molar refractivity (Wildman–Crippen MR) is 122 cm³/mol. The quantitative estimate of drug-likeness (QED) is 0.587. The zero-order chi connectivity index (χ0) is 22.1. The van der Waals surface area contributed by atoms with E-state index in [2.05, 4.69) is 12.2 Å². The van der Waals surface area contributed by atoms with Crippen molar-refractivity contribution < 1.29 is 24.1 Å². The van der Waals surface area contributed by atoms with Crippen molar-refractivity contribution >= 4 is 6.08 Å². The minimum Gasteiger partial charge on any atom is -0.493 e. The Morgan fingerprint density at radius 1 is 0.938 bits per heavy atom. The first kappa shape index (κ1) is 20.5. The second kappa shape index (κ2) is 8.60. The second-order valence-electron chi connectivity index (χ2n) is 8.13. The number of aliphatic hydroxyl groups excluding tert-OH is 1. The smallest absolute Gasteiger partial charge is 0.231 e. The number of benzene rings is 3. The van der Waals surface area contributed by atoms with E-state index in [-0.39, 0.29) is 18.6 Å². The average Bonchev–Trinajstić information content (AvgIpc) is 3.45. The molecule has 32 heavy (non-hydrogen) atoms. The zero-order valence-corrected chi connectivity index (χ0v) is 18.2. The Morgan fingerprint density at radius 3 is 2.47 bits per heavy atom. The molecule has 1 N–H and O–H groups in total. The van der Waals surface area contributed by atoms with Crippen molar-refractivity contribution in [2.75, 3.05) is 21.0 Å². The molecule has 0 amide bonds. The lowest BCUT2D eigenvalue weighted by Gasteiger charge is -2.24. The van der Waals surface area contributed by atoms with Crippen LogP contribution >= 0.6 is 0 Å². The number of methoxy groups -OCH3 is 2. The highest BCUT2D eigenvalue weighted by Gasteiger charge is 2.37. The highest BCUT2D eigenvalue weighted by Crippen LogP contribution is 2.48. The molecule has 1 heterocycles. The Labute approximate surface area is 187 Å². The summed E-state index contributed by atoms with van der Waals surface area (Å²) in [7, 11) is 3.29. The third kappa shape index (κ3) is 3.69. The zero-order valence-electron chi connectivity index (χ0n) is 18.2. The number of fused-ring (bicyclic) bond motifs is 2. The molecule has 5 rings (SSSR count). The lowest BCUT2D eigenvalue weighted by atomic mass is 9.84. The molecule has 3 atom stereocenters. The molecule has 0 spiro atoms. The topological polar surface area (TPSA) is 57.2 Å². The Balaban J connectivity index is 1.52. The first-order chi connectivity index (χ1) is 15.7. The van der Waals surface area contributed by atoms with E-state index in [4.69, 9.17) is 18.9 Å².